The molecule has 2 aromatic heterocycles. The SMILES string of the molecule is Cc1ccc(Oc2ccccc2C=c2sc3nnc(-c4ccccc4C)n3c2=O)cc1. The average Bonchev–Trinajstić information content (AvgIpc) is 3.32. The molecule has 0 amide bonds. The van der Waals surface area contributed by atoms with E-state index in [1.165, 1.54) is 16.9 Å². The zero-order valence-corrected chi connectivity index (χ0v) is 17.9. The molecule has 0 N–H and O–H groups in total. The van der Waals surface area contributed by atoms with Crippen molar-refractivity contribution in [3.05, 3.63) is 104 Å². The number of fused-ring (bicyclic) bond motifs is 1. The summed E-state index contributed by atoms with van der Waals surface area (Å²) in [5.74, 6) is 2.01. The summed E-state index contributed by atoms with van der Waals surface area (Å²) in [6.45, 7) is 4.04. The maximum Gasteiger partial charge on any atom is 0.276 e. The molecule has 0 aliphatic rings. The van der Waals surface area contributed by atoms with Crippen molar-refractivity contribution >= 4 is 22.4 Å². The molecule has 0 saturated heterocycles. The third-order valence-electron chi connectivity index (χ3n) is 5.09. The molecular formula is C25H19N3O2S. The van der Waals surface area contributed by atoms with E-state index in [2.05, 4.69) is 10.2 Å². The smallest absolute Gasteiger partial charge is 0.276 e. The number of benzene rings is 3. The van der Waals surface area contributed by atoms with Gasteiger partial charge in [0.05, 0.1) is 4.53 Å². The highest BCUT2D eigenvalue weighted by atomic mass is 32.1. The van der Waals surface area contributed by atoms with Gasteiger partial charge in [-0.05, 0) is 43.7 Å². The first kappa shape index (κ1) is 19.2. The Morgan fingerprint density at radius 2 is 1.65 bits per heavy atom. The van der Waals surface area contributed by atoms with Crippen LogP contribution in [0.25, 0.3) is 22.4 Å². The van der Waals surface area contributed by atoms with Crippen LogP contribution in [0.2, 0.25) is 0 Å². The summed E-state index contributed by atoms with van der Waals surface area (Å²) in [5.41, 5.74) is 3.82. The van der Waals surface area contributed by atoms with E-state index in [9.17, 15) is 4.79 Å². The number of nitrogens with zero attached hydrogens (tertiary/aromatic N) is 3. The van der Waals surface area contributed by atoms with Crippen molar-refractivity contribution in [1.82, 2.24) is 14.6 Å². The number of aromatic nitrogens is 3. The van der Waals surface area contributed by atoms with E-state index in [1.54, 1.807) is 4.40 Å². The van der Waals surface area contributed by atoms with E-state index in [0.29, 0.717) is 21.1 Å². The average molecular weight is 426 g/mol. The minimum atomic E-state index is -0.131. The van der Waals surface area contributed by atoms with E-state index in [1.807, 2.05) is 92.7 Å². The Bertz CT molecular complexity index is 1500. The van der Waals surface area contributed by atoms with E-state index >= 15 is 0 Å². The van der Waals surface area contributed by atoms with Crippen molar-refractivity contribution in [2.24, 2.45) is 0 Å². The Hall–Kier alpha value is -3.77. The van der Waals surface area contributed by atoms with Gasteiger partial charge < -0.3 is 4.74 Å². The quantitative estimate of drug-likeness (QED) is 0.416. The van der Waals surface area contributed by atoms with Gasteiger partial charge in [-0.15, -0.1) is 10.2 Å². The van der Waals surface area contributed by atoms with Crippen LogP contribution in [0.3, 0.4) is 0 Å². The first-order valence-electron chi connectivity index (χ1n) is 9.89. The normalized spacial score (nSPS) is 11.9. The third-order valence-corrected chi connectivity index (χ3v) is 6.05. The van der Waals surface area contributed by atoms with Gasteiger partial charge in [-0.3, -0.25) is 4.79 Å². The standard InChI is InChI=1S/C25H19N3O2S/c1-16-11-13-19(14-12-16)30-21-10-6-4-8-18(21)15-22-24(29)28-23(26-27-25(28)31-22)20-9-5-3-7-17(20)2/h3-15H,1-2H3. The largest absolute Gasteiger partial charge is 0.457 e. The van der Waals surface area contributed by atoms with Crippen LogP contribution < -0.4 is 14.8 Å². The molecule has 0 unspecified atom stereocenters. The molecule has 0 radical (unpaired) electrons. The topological polar surface area (TPSA) is 56.5 Å². The highest BCUT2D eigenvalue weighted by Gasteiger charge is 2.15. The lowest BCUT2D eigenvalue weighted by Crippen LogP contribution is -2.23. The van der Waals surface area contributed by atoms with Crippen LogP contribution in [0.5, 0.6) is 11.5 Å². The third kappa shape index (κ3) is 3.62. The Labute approximate surface area is 182 Å². The highest BCUT2D eigenvalue weighted by molar-refractivity contribution is 7.15. The molecule has 0 atom stereocenters. The Morgan fingerprint density at radius 1 is 0.903 bits per heavy atom. The fourth-order valence-corrected chi connectivity index (χ4v) is 4.33. The van der Waals surface area contributed by atoms with Gasteiger partial charge in [0.1, 0.15) is 11.5 Å². The molecule has 6 heteroatoms. The number of ether oxygens (including phenoxy) is 1. The van der Waals surface area contributed by atoms with E-state index in [-0.39, 0.29) is 5.56 Å². The molecule has 3 aromatic carbocycles. The molecule has 0 saturated carbocycles. The van der Waals surface area contributed by atoms with Gasteiger partial charge in [0.2, 0.25) is 4.96 Å². The van der Waals surface area contributed by atoms with Gasteiger partial charge >= 0.3 is 0 Å². The number of para-hydroxylation sites is 1. The second-order valence-electron chi connectivity index (χ2n) is 7.33. The highest BCUT2D eigenvalue weighted by Crippen LogP contribution is 2.26. The van der Waals surface area contributed by atoms with E-state index < -0.39 is 0 Å². The van der Waals surface area contributed by atoms with Gasteiger partial charge in [0, 0.05) is 11.1 Å². The van der Waals surface area contributed by atoms with E-state index in [0.717, 1.165) is 22.4 Å². The van der Waals surface area contributed by atoms with Crippen molar-refractivity contribution in [3.63, 3.8) is 0 Å². The van der Waals surface area contributed by atoms with Crippen molar-refractivity contribution in [2.75, 3.05) is 0 Å². The van der Waals surface area contributed by atoms with Crippen LogP contribution in [-0.4, -0.2) is 14.6 Å². The lowest BCUT2D eigenvalue weighted by Gasteiger charge is -2.08. The maximum atomic E-state index is 13.2. The Morgan fingerprint density at radius 3 is 2.45 bits per heavy atom. The molecule has 5 aromatic rings. The monoisotopic (exact) mass is 425 g/mol. The van der Waals surface area contributed by atoms with Crippen molar-refractivity contribution in [2.45, 2.75) is 13.8 Å². The van der Waals surface area contributed by atoms with Crippen molar-refractivity contribution in [1.29, 1.82) is 0 Å². The summed E-state index contributed by atoms with van der Waals surface area (Å²) >= 11 is 1.32. The van der Waals surface area contributed by atoms with Crippen LogP contribution in [-0.2, 0) is 0 Å². The molecule has 5 nitrogen and oxygen atoms in total. The van der Waals surface area contributed by atoms with Crippen molar-refractivity contribution < 1.29 is 4.74 Å². The van der Waals surface area contributed by atoms with Gasteiger partial charge in [-0.25, -0.2) is 4.40 Å². The number of thiazole rings is 1. The first-order valence-corrected chi connectivity index (χ1v) is 10.7. The zero-order chi connectivity index (χ0) is 21.4. The van der Waals surface area contributed by atoms with Crippen LogP contribution in [0, 0.1) is 13.8 Å². The number of rotatable bonds is 4. The van der Waals surface area contributed by atoms with Gasteiger partial charge in [-0.2, -0.15) is 0 Å². The Kier molecular flexibility index (Phi) is 4.84. The second-order valence-corrected chi connectivity index (χ2v) is 8.33. The molecule has 0 fully saturated rings. The molecule has 152 valence electrons. The van der Waals surface area contributed by atoms with Crippen LogP contribution in [0.15, 0.2) is 77.6 Å². The molecule has 0 aliphatic heterocycles. The molecule has 2 heterocycles. The lowest BCUT2D eigenvalue weighted by atomic mass is 10.1. The fourth-order valence-electron chi connectivity index (χ4n) is 3.43. The molecule has 0 aliphatic carbocycles. The predicted octanol–water partition coefficient (Wildman–Crippen LogP) is 4.77. The van der Waals surface area contributed by atoms with Crippen LogP contribution in [0.4, 0.5) is 0 Å². The molecular weight excluding hydrogens is 406 g/mol. The van der Waals surface area contributed by atoms with E-state index in [4.69, 9.17) is 4.74 Å². The van der Waals surface area contributed by atoms with Crippen LogP contribution >= 0.6 is 11.3 Å². The number of aryl methyl sites for hydroxylation is 2. The fraction of sp³-hybridized carbons (Fsp3) is 0.0800. The minimum Gasteiger partial charge on any atom is -0.457 e. The second kappa shape index (κ2) is 7.81. The lowest BCUT2D eigenvalue weighted by molar-refractivity contribution is 0.481. The molecule has 31 heavy (non-hydrogen) atoms. The zero-order valence-electron chi connectivity index (χ0n) is 17.1. The number of hydrogen-bond acceptors (Lipinski definition) is 5. The minimum absolute atomic E-state index is 0.131. The van der Waals surface area contributed by atoms with Gasteiger partial charge in [0.15, 0.2) is 5.82 Å². The van der Waals surface area contributed by atoms with Crippen LogP contribution in [0.1, 0.15) is 16.7 Å². The summed E-state index contributed by atoms with van der Waals surface area (Å²) in [5, 5.41) is 8.50. The van der Waals surface area contributed by atoms with Gasteiger partial charge in [0.25, 0.3) is 5.56 Å². The Balaban J connectivity index is 1.60. The summed E-state index contributed by atoms with van der Waals surface area (Å²) in [6, 6.07) is 23.4. The number of hydrogen-bond donors (Lipinski definition) is 0. The summed E-state index contributed by atoms with van der Waals surface area (Å²) < 4.78 is 8.25. The molecule has 5 rings (SSSR count). The maximum absolute atomic E-state index is 13.2. The summed E-state index contributed by atoms with van der Waals surface area (Å²) in [7, 11) is 0. The predicted molar refractivity (Wildman–Crippen MR) is 124 cm³/mol. The van der Waals surface area contributed by atoms with Gasteiger partial charge in [-0.1, -0.05) is 71.5 Å². The summed E-state index contributed by atoms with van der Waals surface area (Å²) in [4.78, 5) is 13.8. The van der Waals surface area contributed by atoms with Crippen molar-refractivity contribution in [3.8, 4) is 22.9 Å². The molecule has 0 spiro atoms. The molecule has 0 bridgehead atoms. The summed E-state index contributed by atoms with van der Waals surface area (Å²) in [6.07, 6.45) is 1.85. The first-order chi connectivity index (χ1) is 15.1.